The third-order valence-electron chi connectivity index (χ3n) is 4.82. The highest BCUT2D eigenvalue weighted by Crippen LogP contribution is 2.22. The Hall–Kier alpha value is -2.58. The van der Waals surface area contributed by atoms with Gasteiger partial charge in [0.2, 0.25) is 5.91 Å². The summed E-state index contributed by atoms with van der Waals surface area (Å²) in [6.45, 7) is 0.683. The molecular weight excluding hydrogens is 512 g/mol. The molecule has 178 valence electrons. The van der Waals surface area contributed by atoms with Gasteiger partial charge in [0.25, 0.3) is 0 Å². The number of amides is 2. The molecule has 7 nitrogen and oxygen atoms in total. The molecule has 2 rings (SSSR count). The lowest BCUT2D eigenvalue weighted by Crippen LogP contribution is -2.43. The molecule has 2 aromatic rings. The minimum absolute atomic E-state index is 0.222. The Morgan fingerprint density at radius 3 is 2.55 bits per heavy atom. The lowest BCUT2D eigenvalue weighted by atomic mass is 10.1. The van der Waals surface area contributed by atoms with E-state index < -0.39 is 18.1 Å². The van der Waals surface area contributed by atoms with Crippen LogP contribution in [-0.4, -0.2) is 37.7 Å². The summed E-state index contributed by atoms with van der Waals surface area (Å²) in [6, 6.07) is 13.9. The van der Waals surface area contributed by atoms with Crippen LogP contribution in [0.2, 0.25) is 5.02 Å². The van der Waals surface area contributed by atoms with Gasteiger partial charge in [-0.25, -0.2) is 9.59 Å². The van der Waals surface area contributed by atoms with Gasteiger partial charge in [0.05, 0.1) is 7.11 Å². The number of hydrogen-bond donors (Lipinski definition) is 2. The zero-order valence-electron chi connectivity index (χ0n) is 18.4. The highest BCUT2D eigenvalue weighted by molar-refractivity contribution is 9.10. The van der Waals surface area contributed by atoms with E-state index in [4.69, 9.17) is 21.1 Å². The topological polar surface area (TPSA) is 93.7 Å². The quantitative estimate of drug-likeness (QED) is 0.299. The Balaban J connectivity index is 1.65. The summed E-state index contributed by atoms with van der Waals surface area (Å²) in [5.74, 6) is -0.757. The minimum atomic E-state index is -0.807. The number of nitrogens with one attached hydrogen (secondary N) is 2. The molecule has 2 aromatic carbocycles. The molecule has 33 heavy (non-hydrogen) atoms. The number of benzene rings is 2. The van der Waals surface area contributed by atoms with E-state index in [1.54, 1.807) is 18.2 Å². The van der Waals surface area contributed by atoms with Crippen LogP contribution in [0.4, 0.5) is 4.79 Å². The normalized spacial score (nSPS) is 11.4. The largest absolute Gasteiger partial charge is 0.467 e. The fourth-order valence-electron chi connectivity index (χ4n) is 3.07. The highest BCUT2D eigenvalue weighted by Gasteiger charge is 2.23. The molecule has 1 atom stereocenters. The second-order valence-corrected chi connectivity index (χ2v) is 8.67. The minimum Gasteiger partial charge on any atom is -0.467 e. The second kappa shape index (κ2) is 14.5. The maximum absolute atomic E-state index is 12.3. The Morgan fingerprint density at radius 1 is 1.06 bits per heavy atom. The van der Waals surface area contributed by atoms with Crippen molar-refractivity contribution >= 4 is 45.5 Å². The van der Waals surface area contributed by atoms with Crippen LogP contribution in [-0.2, 0) is 32.1 Å². The zero-order chi connectivity index (χ0) is 24.1. The number of halogens is 2. The molecule has 0 fully saturated rings. The maximum Gasteiger partial charge on any atom is 0.407 e. The molecule has 9 heteroatoms. The van der Waals surface area contributed by atoms with Crippen LogP contribution >= 0.6 is 27.5 Å². The number of hydrogen-bond acceptors (Lipinski definition) is 5. The summed E-state index contributed by atoms with van der Waals surface area (Å²) in [4.78, 5) is 36.2. The molecule has 0 aliphatic carbocycles. The van der Waals surface area contributed by atoms with Crippen molar-refractivity contribution in [2.24, 2.45) is 0 Å². The molecule has 0 spiro atoms. The first-order valence-electron chi connectivity index (χ1n) is 10.6. The van der Waals surface area contributed by atoms with E-state index in [1.807, 2.05) is 30.3 Å². The molecule has 0 aromatic heterocycles. The van der Waals surface area contributed by atoms with Gasteiger partial charge in [-0.15, -0.1) is 0 Å². The first-order chi connectivity index (χ1) is 15.9. The van der Waals surface area contributed by atoms with Crippen LogP contribution < -0.4 is 10.6 Å². The number of carbonyl (C=O) groups excluding carboxylic acids is 3. The fraction of sp³-hybridized carbons (Fsp3) is 0.375. The summed E-state index contributed by atoms with van der Waals surface area (Å²) in [6.07, 6.45) is 2.14. The monoisotopic (exact) mass is 538 g/mol. The van der Waals surface area contributed by atoms with Crippen molar-refractivity contribution in [1.82, 2.24) is 10.6 Å². The second-order valence-electron chi connectivity index (χ2n) is 7.38. The summed E-state index contributed by atoms with van der Waals surface area (Å²) in [5.41, 5.74) is 1.72. The molecule has 0 aliphatic heterocycles. The van der Waals surface area contributed by atoms with E-state index in [0.717, 1.165) is 22.0 Å². The van der Waals surface area contributed by atoms with E-state index in [1.165, 1.54) is 7.11 Å². The Labute approximate surface area is 207 Å². The molecule has 0 aliphatic rings. The summed E-state index contributed by atoms with van der Waals surface area (Å²) in [5, 5.41) is 5.97. The molecule has 0 unspecified atom stereocenters. The van der Waals surface area contributed by atoms with Gasteiger partial charge in [0.15, 0.2) is 0 Å². The number of esters is 1. The van der Waals surface area contributed by atoms with Crippen LogP contribution in [0.3, 0.4) is 0 Å². The van der Waals surface area contributed by atoms with Crippen molar-refractivity contribution in [3.05, 3.63) is 69.2 Å². The molecule has 2 N–H and O–H groups in total. The maximum atomic E-state index is 12.3. The lowest BCUT2D eigenvalue weighted by Gasteiger charge is -2.17. The van der Waals surface area contributed by atoms with Gasteiger partial charge >= 0.3 is 12.1 Å². The molecule has 0 saturated carbocycles. The summed E-state index contributed by atoms with van der Waals surface area (Å²) < 4.78 is 10.8. The van der Waals surface area contributed by atoms with Crippen molar-refractivity contribution in [3.63, 3.8) is 0 Å². The first kappa shape index (κ1) is 26.7. The van der Waals surface area contributed by atoms with E-state index >= 15 is 0 Å². The first-order valence-corrected chi connectivity index (χ1v) is 11.8. The van der Waals surface area contributed by atoms with Crippen molar-refractivity contribution in [3.8, 4) is 0 Å². The van der Waals surface area contributed by atoms with Crippen molar-refractivity contribution < 1.29 is 23.9 Å². The number of ether oxygens (including phenoxy) is 2. The van der Waals surface area contributed by atoms with Gasteiger partial charge in [-0.2, -0.15) is 0 Å². The summed E-state index contributed by atoms with van der Waals surface area (Å²) >= 11 is 9.47. The van der Waals surface area contributed by atoms with E-state index in [9.17, 15) is 14.4 Å². The van der Waals surface area contributed by atoms with Gasteiger partial charge in [-0.1, -0.05) is 64.3 Å². The van der Waals surface area contributed by atoms with Crippen LogP contribution in [0.25, 0.3) is 0 Å². The highest BCUT2D eigenvalue weighted by atomic mass is 79.9. The van der Waals surface area contributed by atoms with Crippen LogP contribution in [0.15, 0.2) is 53.0 Å². The molecule has 0 saturated heterocycles. The van der Waals surface area contributed by atoms with Gasteiger partial charge < -0.3 is 20.1 Å². The fourth-order valence-corrected chi connectivity index (χ4v) is 3.68. The molecule has 0 heterocycles. The van der Waals surface area contributed by atoms with E-state index in [2.05, 4.69) is 26.6 Å². The molecule has 0 bridgehead atoms. The number of methoxy groups -OCH3 is 1. The van der Waals surface area contributed by atoms with Gasteiger partial charge in [-0.05, 0) is 42.2 Å². The lowest BCUT2D eigenvalue weighted by molar-refractivity contribution is -0.145. The smallest absolute Gasteiger partial charge is 0.407 e. The summed E-state index contributed by atoms with van der Waals surface area (Å²) in [7, 11) is 1.28. The van der Waals surface area contributed by atoms with Crippen LogP contribution in [0, 0.1) is 0 Å². The molecule has 2 amide bonds. The predicted octanol–water partition coefficient (Wildman–Crippen LogP) is 4.79. The standard InChI is InChI=1S/C24H28BrClN2O5/c1-32-23(30)21(15-18-14-19(26)11-12-20(18)25)28-22(29)10-6-3-7-13-27-24(31)33-16-17-8-4-2-5-9-17/h2,4-5,8-9,11-12,14,21H,3,6-7,10,13,15-16H2,1H3,(H,27,31)(H,28,29)/t21-/m0/s1. The van der Waals surface area contributed by atoms with Crippen LogP contribution in [0.1, 0.15) is 36.8 Å². The van der Waals surface area contributed by atoms with Gasteiger partial charge in [0.1, 0.15) is 12.6 Å². The van der Waals surface area contributed by atoms with Gasteiger partial charge in [-0.3, -0.25) is 4.79 Å². The number of unbranched alkanes of at least 4 members (excludes halogenated alkanes) is 2. The van der Waals surface area contributed by atoms with Gasteiger partial charge in [0, 0.05) is 28.9 Å². The average Bonchev–Trinajstić information content (AvgIpc) is 2.81. The predicted molar refractivity (Wildman–Crippen MR) is 130 cm³/mol. The zero-order valence-corrected chi connectivity index (χ0v) is 20.8. The third kappa shape index (κ3) is 10.3. The number of rotatable bonds is 12. The van der Waals surface area contributed by atoms with E-state index in [-0.39, 0.29) is 25.4 Å². The molecule has 0 radical (unpaired) electrons. The SMILES string of the molecule is COC(=O)[C@H](Cc1cc(Cl)ccc1Br)NC(=O)CCCCCNC(=O)OCc1ccccc1. The van der Waals surface area contributed by atoms with Crippen molar-refractivity contribution in [2.75, 3.05) is 13.7 Å². The van der Waals surface area contributed by atoms with Crippen LogP contribution in [0.5, 0.6) is 0 Å². The number of alkyl carbamates (subject to hydrolysis) is 1. The average molecular weight is 540 g/mol. The number of carbonyl (C=O) groups is 3. The third-order valence-corrected chi connectivity index (χ3v) is 5.82. The molecular formula is C24H28BrClN2O5. The Morgan fingerprint density at radius 2 is 1.82 bits per heavy atom. The van der Waals surface area contributed by atoms with Crippen molar-refractivity contribution in [1.29, 1.82) is 0 Å². The van der Waals surface area contributed by atoms with Crippen molar-refractivity contribution in [2.45, 2.75) is 44.8 Å². The van der Waals surface area contributed by atoms with E-state index in [0.29, 0.717) is 24.4 Å². The Kier molecular flexibility index (Phi) is 11.8. The Bertz CT molecular complexity index is 926.